The van der Waals surface area contributed by atoms with Crippen LogP contribution in [0.15, 0.2) is 82.8 Å². The molecule has 3 aromatic carbocycles. The summed E-state index contributed by atoms with van der Waals surface area (Å²) in [5, 5.41) is 4.02. The number of hydrogen-bond acceptors (Lipinski definition) is 4. The third-order valence-corrected chi connectivity index (χ3v) is 5.66. The zero-order chi connectivity index (χ0) is 24.2. The van der Waals surface area contributed by atoms with E-state index in [2.05, 4.69) is 10.5 Å². The number of hydrazone groups is 1. The smallest absolute Gasteiger partial charge is 0.282 e. The standard InChI is InChI=1S/C23H19F3N2O4S/c1-15(27-28-22(29)13-16-7-3-2-4-8-16)18-9-5-6-10-19(18)20-14-17(23(24,25)26)11-12-21(20)33(30,31)32/h2-12,14H,13H2,1H3,(H,28,29)(H,30,31,32). The summed E-state index contributed by atoms with van der Waals surface area (Å²) in [6, 6.07) is 16.9. The van der Waals surface area contributed by atoms with E-state index in [1.54, 1.807) is 30.3 Å². The summed E-state index contributed by atoms with van der Waals surface area (Å²) in [6.07, 6.45) is -4.66. The number of nitrogens with zero attached hydrogens (tertiary/aromatic N) is 1. The Labute approximate surface area is 188 Å². The summed E-state index contributed by atoms with van der Waals surface area (Å²) in [5.41, 5.74) is 2.34. The van der Waals surface area contributed by atoms with Crippen molar-refractivity contribution in [1.29, 1.82) is 0 Å². The zero-order valence-electron chi connectivity index (χ0n) is 17.3. The summed E-state index contributed by atoms with van der Waals surface area (Å²) in [5.74, 6) is -0.407. The fraction of sp³-hybridized carbons (Fsp3) is 0.130. The van der Waals surface area contributed by atoms with Crippen LogP contribution in [0.3, 0.4) is 0 Å². The average molecular weight is 476 g/mol. The molecule has 1 amide bonds. The first-order valence-electron chi connectivity index (χ1n) is 9.62. The molecule has 0 unspecified atom stereocenters. The highest BCUT2D eigenvalue weighted by molar-refractivity contribution is 7.86. The summed E-state index contributed by atoms with van der Waals surface area (Å²) >= 11 is 0. The molecule has 0 bridgehead atoms. The molecule has 33 heavy (non-hydrogen) atoms. The van der Waals surface area contributed by atoms with Crippen LogP contribution >= 0.6 is 0 Å². The van der Waals surface area contributed by atoms with Crippen molar-refractivity contribution in [2.24, 2.45) is 5.10 Å². The molecule has 0 saturated carbocycles. The van der Waals surface area contributed by atoms with Crippen molar-refractivity contribution in [2.45, 2.75) is 24.4 Å². The van der Waals surface area contributed by atoms with Gasteiger partial charge in [-0.3, -0.25) is 9.35 Å². The summed E-state index contributed by atoms with van der Waals surface area (Å²) in [4.78, 5) is 11.5. The second-order valence-corrected chi connectivity index (χ2v) is 8.51. The molecule has 172 valence electrons. The molecule has 3 rings (SSSR count). The van der Waals surface area contributed by atoms with E-state index in [0.29, 0.717) is 18.2 Å². The quantitative estimate of drug-likeness (QED) is 0.306. The molecule has 0 aliphatic rings. The van der Waals surface area contributed by atoms with Gasteiger partial charge in [-0.25, -0.2) is 5.43 Å². The van der Waals surface area contributed by atoms with Crippen molar-refractivity contribution in [3.8, 4) is 11.1 Å². The number of hydrogen-bond donors (Lipinski definition) is 2. The minimum atomic E-state index is -4.82. The van der Waals surface area contributed by atoms with Crippen LogP contribution in [0.1, 0.15) is 23.6 Å². The van der Waals surface area contributed by atoms with Crippen molar-refractivity contribution >= 4 is 21.7 Å². The van der Waals surface area contributed by atoms with Crippen LogP contribution in [0.5, 0.6) is 0 Å². The van der Waals surface area contributed by atoms with Crippen molar-refractivity contribution in [2.75, 3.05) is 0 Å². The Bertz CT molecular complexity index is 1300. The number of amides is 1. The monoisotopic (exact) mass is 476 g/mol. The van der Waals surface area contributed by atoms with Crippen LogP contribution in [0.2, 0.25) is 0 Å². The van der Waals surface area contributed by atoms with E-state index in [4.69, 9.17) is 0 Å². The second kappa shape index (κ2) is 9.55. The Morgan fingerprint density at radius 1 is 0.970 bits per heavy atom. The molecular formula is C23H19F3N2O4S. The van der Waals surface area contributed by atoms with E-state index in [9.17, 15) is 30.9 Å². The largest absolute Gasteiger partial charge is 0.416 e. The maximum absolute atomic E-state index is 13.3. The molecule has 0 saturated heterocycles. The van der Waals surface area contributed by atoms with Gasteiger partial charge in [0.05, 0.1) is 17.7 Å². The lowest BCUT2D eigenvalue weighted by Crippen LogP contribution is -2.21. The highest BCUT2D eigenvalue weighted by atomic mass is 32.2. The molecule has 0 atom stereocenters. The molecule has 0 heterocycles. The lowest BCUT2D eigenvalue weighted by atomic mass is 9.95. The first-order chi connectivity index (χ1) is 15.5. The van der Waals surface area contributed by atoms with Crippen LogP contribution in [0.4, 0.5) is 13.2 Å². The molecule has 2 N–H and O–H groups in total. The number of halogens is 3. The average Bonchev–Trinajstić information content (AvgIpc) is 2.76. The van der Waals surface area contributed by atoms with Gasteiger partial charge in [0, 0.05) is 11.1 Å². The van der Waals surface area contributed by atoms with Crippen LogP contribution in [-0.4, -0.2) is 24.6 Å². The normalized spacial score (nSPS) is 12.5. The summed E-state index contributed by atoms with van der Waals surface area (Å²) in [7, 11) is -4.82. The van der Waals surface area contributed by atoms with E-state index in [-0.39, 0.29) is 28.8 Å². The molecule has 0 radical (unpaired) electrons. The lowest BCUT2D eigenvalue weighted by Gasteiger charge is -2.15. The van der Waals surface area contributed by atoms with Crippen molar-refractivity contribution < 1.29 is 30.9 Å². The predicted molar refractivity (Wildman–Crippen MR) is 117 cm³/mol. The lowest BCUT2D eigenvalue weighted by molar-refractivity contribution is -0.137. The molecule has 0 spiro atoms. The molecule has 0 aromatic heterocycles. The van der Waals surface area contributed by atoms with Gasteiger partial charge in [0.2, 0.25) is 5.91 Å². The fourth-order valence-electron chi connectivity index (χ4n) is 3.20. The number of nitrogens with one attached hydrogen (secondary N) is 1. The number of benzene rings is 3. The molecule has 0 aliphatic heterocycles. The third-order valence-electron chi connectivity index (χ3n) is 4.75. The van der Waals surface area contributed by atoms with E-state index in [1.807, 2.05) is 6.07 Å². The number of rotatable bonds is 6. The van der Waals surface area contributed by atoms with E-state index in [0.717, 1.165) is 5.56 Å². The second-order valence-electron chi connectivity index (χ2n) is 7.12. The van der Waals surface area contributed by atoms with Gasteiger partial charge < -0.3 is 0 Å². The highest BCUT2D eigenvalue weighted by Crippen LogP contribution is 2.37. The van der Waals surface area contributed by atoms with Gasteiger partial charge >= 0.3 is 6.18 Å². The Balaban J connectivity index is 2.01. The number of carbonyl (C=O) groups excluding carboxylic acids is 1. The van der Waals surface area contributed by atoms with E-state index in [1.165, 1.54) is 25.1 Å². The number of alkyl halides is 3. The third kappa shape index (κ3) is 6.05. The van der Waals surface area contributed by atoms with Gasteiger partial charge in [-0.05, 0) is 36.2 Å². The molecule has 3 aromatic rings. The van der Waals surface area contributed by atoms with Gasteiger partial charge in [-0.2, -0.15) is 26.7 Å². The van der Waals surface area contributed by atoms with Gasteiger partial charge in [-0.1, -0.05) is 54.6 Å². The summed E-state index contributed by atoms with van der Waals surface area (Å²) < 4.78 is 73.1. The van der Waals surface area contributed by atoms with E-state index >= 15 is 0 Å². The van der Waals surface area contributed by atoms with Gasteiger partial charge in [-0.15, -0.1) is 0 Å². The first kappa shape index (κ1) is 24.1. The van der Waals surface area contributed by atoms with Crippen molar-refractivity contribution in [3.63, 3.8) is 0 Å². The maximum Gasteiger partial charge on any atom is 0.416 e. The topological polar surface area (TPSA) is 95.8 Å². The van der Waals surface area contributed by atoms with Crippen molar-refractivity contribution in [3.05, 3.63) is 89.5 Å². The van der Waals surface area contributed by atoms with Gasteiger partial charge in [0.15, 0.2) is 0 Å². The molecular weight excluding hydrogens is 457 g/mol. The molecule has 10 heteroatoms. The Morgan fingerprint density at radius 3 is 2.24 bits per heavy atom. The van der Waals surface area contributed by atoms with Crippen LogP contribution in [0.25, 0.3) is 11.1 Å². The molecule has 0 fully saturated rings. The van der Waals surface area contributed by atoms with Crippen LogP contribution in [0, 0.1) is 0 Å². The Kier molecular flexibility index (Phi) is 6.99. The minimum absolute atomic E-state index is 0.0692. The Morgan fingerprint density at radius 2 is 1.61 bits per heavy atom. The SMILES string of the molecule is CC(=NNC(=O)Cc1ccccc1)c1ccccc1-c1cc(C(F)(F)F)ccc1S(=O)(=O)O. The zero-order valence-corrected chi connectivity index (χ0v) is 18.1. The van der Waals surface area contributed by atoms with E-state index < -0.39 is 32.7 Å². The van der Waals surface area contributed by atoms with Crippen LogP contribution in [-0.2, 0) is 27.5 Å². The predicted octanol–water partition coefficient (Wildman–Crippen LogP) is 4.70. The maximum atomic E-state index is 13.3. The van der Waals surface area contributed by atoms with Crippen LogP contribution < -0.4 is 5.43 Å². The van der Waals surface area contributed by atoms with Gasteiger partial charge in [0.25, 0.3) is 10.1 Å². The van der Waals surface area contributed by atoms with Gasteiger partial charge in [0.1, 0.15) is 4.90 Å². The highest BCUT2D eigenvalue weighted by Gasteiger charge is 2.32. The fourth-order valence-corrected chi connectivity index (χ4v) is 3.89. The van der Waals surface area contributed by atoms with Crippen molar-refractivity contribution in [1.82, 2.24) is 5.43 Å². The molecule has 0 aliphatic carbocycles. The molecule has 6 nitrogen and oxygen atoms in total. The number of carbonyl (C=O) groups is 1. The minimum Gasteiger partial charge on any atom is -0.282 e. The first-order valence-corrected chi connectivity index (χ1v) is 11.1. The summed E-state index contributed by atoms with van der Waals surface area (Å²) in [6.45, 7) is 1.52. The Hall–Kier alpha value is -3.50.